The maximum Gasteiger partial charge on any atom is 0.211 e. The predicted molar refractivity (Wildman–Crippen MR) is 51.9 cm³/mol. The normalized spacial score (nSPS) is 15.3. The molecule has 11 heavy (non-hydrogen) atoms. The molecule has 0 heterocycles. The third-order valence-corrected chi connectivity index (χ3v) is 5.04. The van der Waals surface area contributed by atoms with E-state index < -0.39 is 9.76 Å². The van der Waals surface area contributed by atoms with Crippen LogP contribution in [0.1, 0.15) is 41.5 Å². The molecule has 0 bridgehead atoms. The van der Waals surface area contributed by atoms with Crippen LogP contribution in [0.3, 0.4) is 0 Å². The van der Waals surface area contributed by atoms with Crippen molar-refractivity contribution in [1.29, 1.82) is 0 Å². The van der Waals surface area contributed by atoms with Crippen molar-refractivity contribution in [3.8, 4) is 0 Å². The standard InChI is InChI=1S/C9H21OSi/c1-8(2,3)7(11-10)9(4,5)6/h7H,11H2,1-6H3. The zero-order chi connectivity index (χ0) is 9.28. The molecule has 0 aromatic carbocycles. The van der Waals surface area contributed by atoms with Gasteiger partial charge in [-0.3, -0.25) is 0 Å². The third-order valence-electron chi connectivity index (χ3n) is 2.26. The average Bonchev–Trinajstić information content (AvgIpc) is 1.56. The van der Waals surface area contributed by atoms with Crippen LogP contribution in [0, 0.1) is 10.8 Å². The summed E-state index contributed by atoms with van der Waals surface area (Å²) in [5, 5.41) is 0. The Hall–Kier alpha value is 0.177. The molecule has 0 atom stereocenters. The molecule has 0 aliphatic rings. The molecule has 0 saturated heterocycles. The summed E-state index contributed by atoms with van der Waals surface area (Å²) in [5.74, 6) is 0. The molecule has 0 amide bonds. The first-order chi connectivity index (χ1) is 4.69. The molecule has 0 saturated carbocycles. The van der Waals surface area contributed by atoms with E-state index >= 15 is 0 Å². The topological polar surface area (TPSA) is 19.9 Å². The van der Waals surface area contributed by atoms with Crippen LogP contribution in [0.2, 0.25) is 5.54 Å². The second-order valence-corrected chi connectivity index (χ2v) is 6.60. The van der Waals surface area contributed by atoms with Gasteiger partial charge in [-0.25, -0.2) is 0 Å². The second-order valence-electron chi connectivity index (χ2n) is 5.45. The maximum absolute atomic E-state index is 11.1. The minimum atomic E-state index is -1.13. The van der Waals surface area contributed by atoms with Gasteiger partial charge in [-0.1, -0.05) is 41.5 Å². The first kappa shape index (κ1) is 11.2. The summed E-state index contributed by atoms with van der Waals surface area (Å²) >= 11 is 0. The van der Waals surface area contributed by atoms with Gasteiger partial charge in [0, 0.05) is 0 Å². The van der Waals surface area contributed by atoms with Crippen LogP contribution in [0.15, 0.2) is 0 Å². The lowest BCUT2D eigenvalue weighted by molar-refractivity contribution is 0.213. The van der Waals surface area contributed by atoms with Crippen LogP contribution in [0.4, 0.5) is 0 Å². The Labute approximate surface area is 73.2 Å². The number of rotatable bonds is 1. The van der Waals surface area contributed by atoms with Crippen LogP contribution in [0.5, 0.6) is 0 Å². The van der Waals surface area contributed by atoms with E-state index in [-0.39, 0.29) is 10.8 Å². The Bertz CT molecular complexity index is 105. The van der Waals surface area contributed by atoms with Gasteiger partial charge in [0.25, 0.3) is 0 Å². The Morgan fingerprint density at radius 3 is 1.18 bits per heavy atom. The molecule has 2 heteroatoms. The van der Waals surface area contributed by atoms with Gasteiger partial charge in [-0.15, -0.1) is 0 Å². The van der Waals surface area contributed by atoms with Gasteiger partial charge >= 0.3 is 0 Å². The Kier molecular flexibility index (Phi) is 3.33. The molecular weight excluding hydrogens is 152 g/mol. The smallest absolute Gasteiger partial charge is 0.211 e. The highest BCUT2D eigenvalue weighted by Gasteiger charge is 2.34. The van der Waals surface area contributed by atoms with E-state index in [0.29, 0.717) is 5.54 Å². The summed E-state index contributed by atoms with van der Waals surface area (Å²) in [7, 11) is -1.13. The Balaban J connectivity index is 4.43. The summed E-state index contributed by atoms with van der Waals surface area (Å²) in [6, 6.07) is 0. The van der Waals surface area contributed by atoms with Gasteiger partial charge in [0.2, 0.25) is 9.76 Å². The molecule has 67 valence electrons. The lowest BCUT2D eigenvalue weighted by Crippen LogP contribution is -2.31. The van der Waals surface area contributed by atoms with E-state index in [0.717, 1.165) is 0 Å². The van der Waals surface area contributed by atoms with Gasteiger partial charge in [0.1, 0.15) is 0 Å². The molecule has 0 unspecified atom stereocenters. The fourth-order valence-corrected chi connectivity index (χ4v) is 2.80. The largest absolute Gasteiger partial charge is 0.306 e. The maximum atomic E-state index is 11.1. The summed E-state index contributed by atoms with van der Waals surface area (Å²) in [4.78, 5) is 11.1. The van der Waals surface area contributed by atoms with E-state index in [1.807, 2.05) is 0 Å². The Morgan fingerprint density at radius 1 is 0.909 bits per heavy atom. The van der Waals surface area contributed by atoms with E-state index in [9.17, 15) is 4.80 Å². The van der Waals surface area contributed by atoms with Crippen LogP contribution in [-0.4, -0.2) is 9.76 Å². The molecule has 0 N–H and O–H groups in total. The molecular formula is C9H21OSi. The minimum absolute atomic E-state index is 0.201. The molecule has 0 aliphatic carbocycles. The van der Waals surface area contributed by atoms with Crippen molar-refractivity contribution in [1.82, 2.24) is 0 Å². The zero-order valence-corrected chi connectivity index (χ0v) is 10.1. The highest BCUT2D eigenvalue weighted by molar-refractivity contribution is 6.28. The van der Waals surface area contributed by atoms with Gasteiger partial charge in [-0.05, 0) is 16.4 Å². The van der Waals surface area contributed by atoms with Crippen molar-refractivity contribution in [3.05, 3.63) is 0 Å². The molecule has 0 spiro atoms. The second kappa shape index (κ2) is 3.28. The first-order valence-corrected chi connectivity index (χ1v) is 5.67. The molecule has 0 aliphatic heterocycles. The molecule has 1 radical (unpaired) electrons. The van der Waals surface area contributed by atoms with Crippen molar-refractivity contribution < 1.29 is 4.80 Å². The van der Waals surface area contributed by atoms with Crippen LogP contribution in [-0.2, 0) is 4.80 Å². The molecule has 0 aromatic heterocycles. The van der Waals surface area contributed by atoms with Crippen molar-refractivity contribution >= 4 is 9.76 Å². The molecule has 0 aromatic rings. The quantitative estimate of drug-likeness (QED) is 0.543. The van der Waals surface area contributed by atoms with Gasteiger partial charge in [-0.2, -0.15) is 0 Å². The van der Waals surface area contributed by atoms with Gasteiger partial charge in [0.05, 0.1) is 0 Å². The fraction of sp³-hybridized carbons (Fsp3) is 1.00. The predicted octanol–water partition coefficient (Wildman–Crippen LogP) is 2.38. The lowest BCUT2D eigenvalue weighted by Gasteiger charge is -2.38. The lowest BCUT2D eigenvalue weighted by atomic mass is 9.77. The van der Waals surface area contributed by atoms with Gasteiger partial charge < -0.3 is 4.80 Å². The third kappa shape index (κ3) is 3.39. The number of hydrogen-bond donors (Lipinski definition) is 0. The molecule has 1 nitrogen and oxygen atoms in total. The SMILES string of the molecule is CC(C)(C)C([SiH2][O])C(C)(C)C. The zero-order valence-electron chi connectivity index (χ0n) is 8.69. The van der Waals surface area contributed by atoms with Crippen molar-refractivity contribution in [2.45, 2.75) is 47.1 Å². The van der Waals surface area contributed by atoms with E-state index in [2.05, 4.69) is 41.5 Å². The van der Waals surface area contributed by atoms with Gasteiger partial charge in [0.15, 0.2) is 0 Å². The van der Waals surface area contributed by atoms with Crippen molar-refractivity contribution in [2.24, 2.45) is 10.8 Å². The van der Waals surface area contributed by atoms with Crippen molar-refractivity contribution in [3.63, 3.8) is 0 Å². The Morgan fingerprint density at radius 2 is 1.18 bits per heavy atom. The highest BCUT2D eigenvalue weighted by Crippen LogP contribution is 2.43. The molecule has 0 rings (SSSR count). The van der Waals surface area contributed by atoms with Crippen LogP contribution < -0.4 is 0 Å². The van der Waals surface area contributed by atoms with Crippen LogP contribution >= 0.6 is 0 Å². The van der Waals surface area contributed by atoms with E-state index in [4.69, 9.17) is 0 Å². The minimum Gasteiger partial charge on any atom is -0.306 e. The first-order valence-electron chi connectivity index (χ1n) is 4.27. The number of hydrogen-bond acceptors (Lipinski definition) is 0. The summed E-state index contributed by atoms with van der Waals surface area (Å²) in [6.07, 6.45) is 0. The summed E-state index contributed by atoms with van der Waals surface area (Å²) in [6.45, 7) is 13.0. The van der Waals surface area contributed by atoms with Crippen molar-refractivity contribution in [2.75, 3.05) is 0 Å². The summed E-state index contributed by atoms with van der Waals surface area (Å²) < 4.78 is 0. The monoisotopic (exact) mass is 173 g/mol. The average molecular weight is 173 g/mol. The molecule has 0 fully saturated rings. The highest BCUT2D eigenvalue weighted by atomic mass is 28.2. The fourth-order valence-electron chi connectivity index (χ4n) is 1.80. The van der Waals surface area contributed by atoms with E-state index in [1.165, 1.54) is 0 Å². The van der Waals surface area contributed by atoms with E-state index in [1.54, 1.807) is 0 Å². The van der Waals surface area contributed by atoms with Crippen LogP contribution in [0.25, 0.3) is 0 Å². The summed E-state index contributed by atoms with van der Waals surface area (Å²) in [5.41, 5.74) is 0.799.